The molecule has 1 aliphatic carbocycles. The predicted molar refractivity (Wildman–Crippen MR) is 53.6 cm³/mol. The van der Waals surface area contributed by atoms with Crippen molar-refractivity contribution in [2.75, 3.05) is 14.1 Å². The molecule has 3 nitrogen and oxygen atoms in total. The van der Waals surface area contributed by atoms with Crippen LogP contribution < -0.4 is 5.32 Å². The molecule has 1 rings (SSSR count). The van der Waals surface area contributed by atoms with Crippen LogP contribution in [0.25, 0.3) is 0 Å². The van der Waals surface area contributed by atoms with Crippen molar-refractivity contribution in [2.24, 2.45) is 10.8 Å². The van der Waals surface area contributed by atoms with Crippen LogP contribution in [0.5, 0.6) is 0 Å². The van der Waals surface area contributed by atoms with Gasteiger partial charge in [-0.15, -0.1) is 0 Å². The van der Waals surface area contributed by atoms with E-state index in [0.717, 1.165) is 0 Å². The van der Waals surface area contributed by atoms with E-state index in [1.807, 2.05) is 0 Å². The van der Waals surface area contributed by atoms with Crippen LogP contribution in [0.4, 0.5) is 4.79 Å². The van der Waals surface area contributed by atoms with Gasteiger partial charge >= 0.3 is 6.03 Å². The van der Waals surface area contributed by atoms with Crippen molar-refractivity contribution in [3.63, 3.8) is 0 Å². The summed E-state index contributed by atoms with van der Waals surface area (Å²) < 4.78 is 0. The molecule has 0 unspecified atom stereocenters. The number of amides is 2. The van der Waals surface area contributed by atoms with E-state index in [4.69, 9.17) is 0 Å². The molecule has 13 heavy (non-hydrogen) atoms. The van der Waals surface area contributed by atoms with Crippen molar-refractivity contribution < 1.29 is 4.79 Å². The molecule has 0 aliphatic heterocycles. The number of urea groups is 1. The first-order valence-electron chi connectivity index (χ1n) is 4.69. The quantitative estimate of drug-likeness (QED) is 0.661. The third kappa shape index (κ3) is 1.40. The lowest BCUT2D eigenvalue weighted by Crippen LogP contribution is -2.38. The fourth-order valence-electron chi connectivity index (χ4n) is 1.81. The van der Waals surface area contributed by atoms with Crippen molar-refractivity contribution in [2.45, 2.75) is 33.7 Å². The fraction of sp³-hybridized carbons (Fsp3) is 0.900. The van der Waals surface area contributed by atoms with Gasteiger partial charge in [-0.3, -0.25) is 0 Å². The van der Waals surface area contributed by atoms with Crippen molar-refractivity contribution >= 4 is 6.03 Å². The Labute approximate surface area is 80.5 Å². The van der Waals surface area contributed by atoms with E-state index in [-0.39, 0.29) is 16.9 Å². The van der Waals surface area contributed by atoms with E-state index in [1.165, 1.54) is 0 Å². The fourth-order valence-corrected chi connectivity index (χ4v) is 1.81. The maximum atomic E-state index is 11.4. The lowest BCUT2D eigenvalue weighted by atomic mass is 10.0. The highest BCUT2D eigenvalue weighted by Gasteiger charge is 2.65. The van der Waals surface area contributed by atoms with Crippen LogP contribution in [0.3, 0.4) is 0 Å². The molecule has 1 fully saturated rings. The van der Waals surface area contributed by atoms with Crippen LogP contribution in [-0.2, 0) is 0 Å². The third-order valence-electron chi connectivity index (χ3n) is 3.69. The zero-order valence-electron chi connectivity index (χ0n) is 9.43. The van der Waals surface area contributed by atoms with Gasteiger partial charge in [0.05, 0.1) is 0 Å². The van der Waals surface area contributed by atoms with Gasteiger partial charge in [-0.2, -0.15) is 0 Å². The summed E-state index contributed by atoms with van der Waals surface area (Å²) in [6, 6.07) is 0.304. The molecule has 1 N–H and O–H groups in total. The summed E-state index contributed by atoms with van der Waals surface area (Å²) in [6.07, 6.45) is 0. The average Bonchev–Trinajstić information content (AvgIpc) is 2.32. The SMILES string of the molecule is CN(C)C(=O)NC1C(C)(C)C1(C)C. The number of nitrogens with one attached hydrogen (secondary N) is 1. The van der Waals surface area contributed by atoms with Gasteiger partial charge in [0.15, 0.2) is 0 Å². The van der Waals surface area contributed by atoms with Gasteiger partial charge in [0.2, 0.25) is 0 Å². The Hall–Kier alpha value is -0.730. The lowest BCUT2D eigenvalue weighted by Gasteiger charge is -2.13. The highest BCUT2D eigenvalue weighted by Crippen LogP contribution is 2.62. The van der Waals surface area contributed by atoms with Gasteiger partial charge < -0.3 is 10.2 Å². The Kier molecular flexibility index (Phi) is 2.09. The minimum Gasteiger partial charge on any atom is -0.334 e. The summed E-state index contributed by atoms with van der Waals surface area (Å²) >= 11 is 0. The molecule has 3 heteroatoms. The first-order chi connectivity index (χ1) is 5.71. The number of rotatable bonds is 1. The maximum Gasteiger partial charge on any atom is 0.317 e. The third-order valence-corrected chi connectivity index (χ3v) is 3.69. The molecule has 76 valence electrons. The van der Waals surface area contributed by atoms with Gasteiger partial charge in [0.1, 0.15) is 0 Å². The number of carbonyl (C=O) groups excluding carboxylic acids is 1. The van der Waals surface area contributed by atoms with E-state index in [1.54, 1.807) is 19.0 Å². The molecule has 0 heterocycles. The molecule has 1 aliphatic rings. The van der Waals surface area contributed by atoms with E-state index < -0.39 is 0 Å². The van der Waals surface area contributed by atoms with Crippen molar-refractivity contribution in [3.8, 4) is 0 Å². The number of carbonyl (C=O) groups is 1. The maximum absolute atomic E-state index is 11.4. The summed E-state index contributed by atoms with van der Waals surface area (Å²) in [6.45, 7) is 8.75. The first-order valence-corrected chi connectivity index (χ1v) is 4.69. The Morgan fingerprint density at radius 3 is 1.77 bits per heavy atom. The molecular formula is C10H20N2O. The largest absolute Gasteiger partial charge is 0.334 e. The van der Waals surface area contributed by atoms with Crippen molar-refractivity contribution in [3.05, 3.63) is 0 Å². The summed E-state index contributed by atoms with van der Waals surface area (Å²) in [5.74, 6) is 0. The summed E-state index contributed by atoms with van der Waals surface area (Å²) in [7, 11) is 3.52. The topological polar surface area (TPSA) is 32.3 Å². The zero-order valence-corrected chi connectivity index (χ0v) is 9.43. The van der Waals surface area contributed by atoms with E-state index >= 15 is 0 Å². The monoisotopic (exact) mass is 184 g/mol. The lowest BCUT2D eigenvalue weighted by molar-refractivity contribution is 0.215. The summed E-state index contributed by atoms with van der Waals surface area (Å²) in [4.78, 5) is 13.0. The number of hydrogen-bond acceptors (Lipinski definition) is 1. The molecule has 0 aromatic heterocycles. The molecule has 0 bridgehead atoms. The van der Waals surface area contributed by atoms with Crippen LogP contribution in [0.15, 0.2) is 0 Å². The molecule has 2 amide bonds. The zero-order chi connectivity index (χ0) is 10.4. The molecule has 0 saturated heterocycles. The normalized spacial score (nSPS) is 23.8. The van der Waals surface area contributed by atoms with Gasteiger partial charge in [-0.05, 0) is 10.8 Å². The van der Waals surface area contributed by atoms with Crippen molar-refractivity contribution in [1.82, 2.24) is 10.2 Å². The minimum absolute atomic E-state index is 0.00338. The smallest absolute Gasteiger partial charge is 0.317 e. The van der Waals surface area contributed by atoms with E-state index in [2.05, 4.69) is 33.0 Å². The molecule has 0 aromatic rings. The van der Waals surface area contributed by atoms with Crippen LogP contribution in [0, 0.1) is 10.8 Å². The number of nitrogens with zero attached hydrogens (tertiary/aromatic N) is 1. The first kappa shape index (κ1) is 10.4. The molecule has 0 radical (unpaired) electrons. The van der Waals surface area contributed by atoms with Gasteiger partial charge in [0.25, 0.3) is 0 Å². The molecule has 1 saturated carbocycles. The standard InChI is InChI=1S/C10H20N2O/c1-9(2)7(10(9,3)4)11-8(13)12(5)6/h7H,1-6H3,(H,11,13). The molecule has 0 spiro atoms. The minimum atomic E-state index is 0.00338. The molecular weight excluding hydrogens is 164 g/mol. The van der Waals surface area contributed by atoms with Gasteiger partial charge in [0, 0.05) is 20.1 Å². The highest BCUT2D eigenvalue weighted by molar-refractivity contribution is 5.74. The molecule has 0 atom stereocenters. The van der Waals surface area contributed by atoms with Crippen molar-refractivity contribution in [1.29, 1.82) is 0 Å². The summed E-state index contributed by atoms with van der Waals surface area (Å²) in [5.41, 5.74) is 0.442. The van der Waals surface area contributed by atoms with E-state index in [9.17, 15) is 4.79 Å². The van der Waals surface area contributed by atoms with E-state index in [0.29, 0.717) is 6.04 Å². The molecule has 0 aromatic carbocycles. The second kappa shape index (κ2) is 2.63. The Bertz CT molecular complexity index is 217. The van der Waals surface area contributed by atoms with Gasteiger partial charge in [-0.25, -0.2) is 4.79 Å². The Balaban J connectivity index is 2.56. The summed E-state index contributed by atoms with van der Waals surface area (Å²) in [5, 5.41) is 3.02. The second-order valence-corrected chi connectivity index (χ2v) is 5.22. The van der Waals surface area contributed by atoms with Crippen LogP contribution in [0.2, 0.25) is 0 Å². The van der Waals surface area contributed by atoms with Crippen LogP contribution >= 0.6 is 0 Å². The number of hydrogen-bond donors (Lipinski definition) is 1. The Morgan fingerprint density at radius 1 is 1.15 bits per heavy atom. The van der Waals surface area contributed by atoms with Crippen LogP contribution in [0.1, 0.15) is 27.7 Å². The Morgan fingerprint density at radius 2 is 1.54 bits per heavy atom. The highest BCUT2D eigenvalue weighted by atomic mass is 16.2. The van der Waals surface area contributed by atoms with Crippen LogP contribution in [-0.4, -0.2) is 31.1 Å². The second-order valence-electron chi connectivity index (χ2n) is 5.22. The predicted octanol–water partition coefficient (Wildman–Crippen LogP) is 1.69. The van der Waals surface area contributed by atoms with Gasteiger partial charge in [-0.1, -0.05) is 27.7 Å². The average molecular weight is 184 g/mol.